The number of hydrogen-bond acceptors (Lipinski definition) is 7. The first-order valence-electron chi connectivity index (χ1n) is 9.46. The van der Waals surface area contributed by atoms with E-state index in [1.807, 2.05) is 26.8 Å². The highest BCUT2D eigenvalue weighted by atomic mass is 16.6. The van der Waals surface area contributed by atoms with E-state index in [2.05, 4.69) is 15.6 Å². The SMILES string of the molecule is CCC(C)(C)c1cc(N/N=C2/C(=O)N(c3ccccc3)N=C2C)c(O)c([N+](=O)[O-])c1. The molecule has 9 nitrogen and oxygen atoms in total. The van der Waals surface area contributed by atoms with Gasteiger partial charge in [-0.25, -0.2) is 0 Å². The summed E-state index contributed by atoms with van der Waals surface area (Å²) in [6, 6.07) is 11.9. The highest BCUT2D eigenvalue weighted by molar-refractivity contribution is 6.71. The summed E-state index contributed by atoms with van der Waals surface area (Å²) in [5, 5.41) is 31.3. The van der Waals surface area contributed by atoms with Crippen molar-refractivity contribution < 1.29 is 14.8 Å². The number of hydrogen-bond donors (Lipinski definition) is 2. The van der Waals surface area contributed by atoms with E-state index in [0.717, 1.165) is 6.42 Å². The van der Waals surface area contributed by atoms with Crippen molar-refractivity contribution >= 4 is 34.4 Å². The molecule has 156 valence electrons. The second-order valence-corrected chi connectivity index (χ2v) is 7.60. The minimum Gasteiger partial charge on any atom is -0.501 e. The number of amides is 1. The van der Waals surface area contributed by atoms with Crippen molar-refractivity contribution in [2.45, 2.75) is 39.5 Å². The van der Waals surface area contributed by atoms with Crippen LogP contribution in [0.2, 0.25) is 0 Å². The van der Waals surface area contributed by atoms with Crippen LogP contribution in [0.4, 0.5) is 17.1 Å². The molecule has 0 unspecified atom stereocenters. The summed E-state index contributed by atoms with van der Waals surface area (Å²) in [5.74, 6) is -0.981. The maximum Gasteiger partial charge on any atom is 0.313 e. The minimum absolute atomic E-state index is 0.0481. The first-order chi connectivity index (χ1) is 14.2. The van der Waals surface area contributed by atoms with Gasteiger partial charge in [0.1, 0.15) is 5.69 Å². The highest BCUT2D eigenvalue weighted by Crippen LogP contribution is 2.40. The van der Waals surface area contributed by atoms with E-state index in [9.17, 15) is 20.0 Å². The second kappa shape index (κ2) is 7.94. The molecule has 30 heavy (non-hydrogen) atoms. The summed E-state index contributed by atoms with van der Waals surface area (Å²) in [5.41, 5.74) is 3.60. The highest BCUT2D eigenvalue weighted by Gasteiger charge is 2.31. The van der Waals surface area contributed by atoms with Gasteiger partial charge in [0.15, 0.2) is 5.71 Å². The lowest BCUT2D eigenvalue weighted by atomic mass is 9.82. The van der Waals surface area contributed by atoms with Gasteiger partial charge in [0.05, 0.1) is 16.3 Å². The number of aromatic hydroxyl groups is 1. The number of rotatable bonds is 6. The monoisotopic (exact) mass is 409 g/mol. The molecule has 0 bridgehead atoms. The first kappa shape index (κ1) is 21.0. The Bertz CT molecular complexity index is 1060. The molecular formula is C21H23N5O4. The first-order valence-corrected chi connectivity index (χ1v) is 9.46. The molecule has 3 rings (SSSR count). The zero-order chi connectivity index (χ0) is 22.1. The fourth-order valence-electron chi connectivity index (χ4n) is 2.93. The van der Waals surface area contributed by atoms with Gasteiger partial charge in [0.25, 0.3) is 0 Å². The lowest BCUT2D eigenvalue weighted by Crippen LogP contribution is -2.27. The normalized spacial score (nSPS) is 15.5. The molecule has 0 saturated carbocycles. The summed E-state index contributed by atoms with van der Waals surface area (Å²) < 4.78 is 0. The van der Waals surface area contributed by atoms with E-state index >= 15 is 0 Å². The number of benzene rings is 2. The smallest absolute Gasteiger partial charge is 0.313 e. The third-order valence-electron chi connectivity index (χ3n) is 5.23. The van der Waals surface area contributed by atoms with Gasteiger partial charge < -0.3 is 5.11 Å². The molecule has 0 spiro atoms. The van der Waals surface area contributed by atoms with Gasteiger partial charge in [0, 0.05) is 6.07 Å². The molecule has 2 aromatic carbocycles. The second-order valence-electron chi connectivity index (χ2n) is 7.60. The predicted octanol–water partition coefficient (Wildman–Crippen LogP) is 4.18. The van der Waals surface area contributed by atoms with Crippen molar-refractivity contribution in [3.05, 3.63) is 58.1 Å². The van der Waals surface area contributed by atoms with Crippen LogP contribution in [0.5, 0.6) is 5.75 Å². The molecule has 0 fully saturated rings. The summed E-state index contributed by atoms with van der Waals surface area (Å²) in [4.78, 5) is 23.5. The zero-order valence-corrected chi connectivity index (χ0v) is 17.2. The van der Waals surface area contributed by atoms with E-state index in [-0.39, 0.29) is 16.8 Å². The Labute approximate surface area is 173 Å². The average Bonchev–Trinajstić information content (AvgIpc) is 3.01. The van der Waals surface area contributed by atoms with Crippen LogP contribution in [-0.2, 0) is 10.2 Å². The molecule has 9 heteroatoms. The molecular weight excluding hydrogens is 386 g/mol. The molecule has 0 radical (unpaired) electrons. The molecule has 2 N–H and O–H groups in total. The summed E-state index contributed by atoms with van der Waals surface area (Å²) in [6.45, 7) is 7.52. The molecule has 0 atom stereocenters. The fourth-order valence-corrected chi connectivity index (χ4v) is 2.93. The van der Waals surface area contributed by atoms with Gasteiger partial charge in [-0.3, -0.25) is 20.3 Å². The number of carbonyl (C=O) groups excluding carboxylic acids is 1. The van der Waals surface area contributed by atoms with Crippen LogP contribution in [0.15, 0.2) is 52.7 Å². The van der Waals surface area contributed by atoms with Gasteiger partial charge in [0.2, 0.25) is 5.75 Å². The molecule has 1 heterocycles. The van der Waals surface area contributed by atoms with Crippen molar-refractivity contribution in [1.82, 2.24) is 0 Å². The summed E-state index contributed by atoms with van der Waals surface area (Å²) in [6.07, 6.45) is 0.735. The van der Waals surface area contributed by atoms with Gasteiger partial charge in [-0.1, -0.05) is 39.0 Å². The maximum absolute atomic E-state index is 12.7. The predicted molar refractivity (Wildman–Crippen MR) is 116 cm³/mol. The Balaban J connectivity index is 1.97. The largest absolute Gasteiger partial charge is 0.501 e. The molecule has 1 aliphatic heterocycles. The maximum atomic E-state index is 12.7. The van der Waals surface area contributed by atoms with Gasteiger partial charge in [-0.15, -0.1) is 0 Å². The number of carbonyl (C=O) groups is 1. The number of para-hydroxylation sites is 1. The van der Waals surface area contributed by atoms with Crippen LogP contribution in [0.1, 0.15) is 39.7 Å². The van der Waals surface area contributed by atoms with Gasteiger partial charge in [-0.2, -0.15) is 15.2 Å². The van der Waals surface area contributed by atoms with Gasteiger partial charge >= 0.3 is 11.6 Å². The molecule has 2 aromatic rings. The topological polar surface area (TPSA) is 120 Å². The summed E-state index contributed by atoms with van der Waals surface area (Å²) >= 11 is 0. The van der Waals surface area contributed by atoms with Crippen LogP contribution in [-0.4, -0.2) is 27.4 Å². The number of phenols is 1. The third-order valence-corrected chi connectivity index (χ3v) is 5.23. The molecule has 0 saturated heterocycles. The van der Waals surface area contributed by atoms with Crippen molar-refractivity contribution in [2.75, 3.05) is 10.4 Å². The van der Waals surface area contributed by atoms with Crippen molar-refractivity contribution in [2.24, 2.45) is 10.2 Å². The van der Waals surface area contributed by atoms with Crippen LogP contribution < -0.4 is 10.4 Å². The third kappa shape index (κ3) is 3.86. The number of nitrogens with zero attached hydrogens (tertiary/aromatic N) is 4. The Morgan fingerprint density at radius 3 is 2.53 bits per heavy atom. The number of hydrazone groups is 2. The Morgan fingerprint density at radius 2 is 1.93 bits per heavy atom. The van der Waals surface area contributed by atoms with Crippen LogP contribution in [0.3, 0.4) is 0 Å². The molecule has 0 aliphatic carbocycles. The number of phenolic OH excluding ortho intramolecular Hbond substituents is 1. The Morgan fingerprint density at radius 1 is 1.27 bits per heavy atom. The van der Waals surface area contributed by atoms with E-state index in [1.54, 1.807) is 37.3 Å². The van der Waals surface area contributed by atoms with Crippen LogP contribution in [0.25, 0.3) is 0 Å². The standard InChI is InChI=1S/C21H23N5O4/c1-5-21(3,4)14-11-16(19(27)17(12-14)26(29)30)22-23-18-13(2)24-25(20(18)28)15-9-7-6-8-10-15/h6-12,22,27H,5H2,1-4H3/b23-18+. The Kier molecular flexibility index (Phi) is 5.55. The van der Waals surface area contributed by atoms with E-state index in [1.165, 1.54) is 11.1 Å². The molecule has 1 amide bonds. The van der Waals surface area contributed by atoms with Crippen molar-refractivity contribution in [3.63, 3.8) is 0 Å². The fraction of sp³-hybridized carbons (Fsp3) is 0.286. The van der Waals surface area contributed by atoms with E-state index in [4.69, 9.17) is 0 Å². The number of nitrogens with one attached hydrogen (secondary N) is 1. The molecule has 0 aromatic heterocycles. The van der Waals surface area contributed by atoms with Crippen LogP contribution in [0, 0.1) is 10.1 Å². The lowest BCUT2D eigenvalue weighted by molar-refractivity contribution is -0.385. The summed E-state index contributed by atoms with van der Waals surface area (Å²) in [7, 11) is 0. The van der Waals surface area contributed by atoms with Crippen molar-refractivity contribution in [1.29, 1.82) is 0 Å². The number of anilines is 2. The van der Waals surface area contributed by atoms with Crippen molar-refractivity contribution in [3.8, 4) is 5.75 Å². The average molecular weight is 409 g/mol. The van der Waals surface area contributed by atoms with E-state index < -0.39 is 22.3 Å². The zero-order valence-electron chi connectivity index (χ0n) is 17.2. The number of nitro groups is 1. The van der Waals surface area contributed by atoms with Crippen LogP contribution >= 0.6 is 0 Å². The quantitative estimate of drug-likeness (QED) is 0.421. The van der Waals surface area contributed by atoms with E-state index in [0.29, 0.717) is 17.0 Å². The van der Waals surface area contributed by atoms with Gasteiger partial charge in [-0.05, 0) is 42.5 Å². The Hall–Kier alpha value is -3.75. The molecule has 1 aliphatic rings. The lowest BCUT2D eigenvalue weighted by Gasteiger charge is -2.24. The number of nitro benzene ring substituents is 1. The minimum atomic E-state index is -0.645.